The Balaban J connectivity index is 2.89. The lowest BCUT2D eigenvalue weighted by Crippen LogP contribution is -2.27. The number of aromatic nitrogens is 2. The first kappa shape index (κ1) is 13.7. The van der Waals surface area contributed by atoms with Crippen molar-refractivity contribution in [3.8, 4) is 12.1 Å². The number of carbonyl (C=O) groups is 1. The Labute approximate surface area is 105 Å². The predicted octanol–water partition coefficient (Wildman–Crippen LogP) is 1.70. The topological polar surface area (TPSA) is 97.1 Å². The molecule has 0 unspecified atom stereocenters. The fourth-order valence-corrected chi connectivity index (χ4v) is 1.04. The Hall–Kier alpha value is -2.36. The van der Waals surface area contributed by atoms with Gasteiger partial charge in [-0.3, -0.25) is 5.32 Å². The van der Waals surface area contributed by atoms with Gasteiger partial charge < -0.3 is 9.47 Å². The maximum atomic E-state index is 11.6. The SMILES string of the molecule is COc1ncc(C#N)c(NC(=O)OC(C)(C)C)n1. The van der Waals surface area contributed by atoms with E-state index in [0.29, 0.717) is 0 Å². The Morgan fingerprint density at radius 3 is 2.67 bits per heavy atom. The summed E-state index contributed by atoms with van der Waals surface area (Å²) in [7, 11) is 1.39. The highest BCUT2D eigenvalue weighted by molar-refractivity contribution is 5.85. The van der Waals surface area contributed by atoms with Crippen molar-refractivity contribution >= 4 is 11.9 Å². The van der Waals surface area contributed by atoms with Crippen LogP contribution in [0.4, 0.5) is 10.6 Å². The standard InChI is InChI=1S/C11H14N4O3/c1-11(2,3)18-10(16)15-8-7(5-12)6-13-9(14-8)17-4/h6H,1-4H3,(H,13,14,15,16). The molecule has 0 aliphatic carbocycles. The highest BCUT2D eigenvalue weighted by atomic mass is 16.6. The van der Waals surface area contributed by atoms with E-state index in [2.05, 4.69) is 15.3 Å². The van der Waals surface area contributed by atoms with Crippen molar-refractivity contribution in [2.75, 3.05) is 12.4 Å². The second-order valence-electron chi connectivity index (χ2n) is 4.36. The Bertz CT molecular complexity index is 488. The molecule has 96 valence electrons. The lowest BCUT2D eigenvalue weighted by Gasteiger charge is -2.19. The van der Waals surface area contributed by atoms with E-state index < -0.39 is 11.7 Å². The van der Waals surface area contributed by atoms with Crippen molar-refractivity contribution < 1.29 is 14.3 Å². The van der Waals surface area contributed by atoms with Gasteiger partial charge in [-0.1, -0.05) is 0 Å². The van der Waals surface area contributed by atoms with E-state index >= 15 is 0 Å². The first-order valence-corrected chi connectivity index (χ1v) is 5.17. The third-order valence-corrected chi connectivity index (χ3v) is 1.69. The summed E-state index contributed by atoms with van der Waals surface area (Å²) in [5, 5.41) is 11.2. The zero-order chi connectivity index (χ0) is 13.8. The van der Waals surface area contributed by atoms with Crippen LogP contribution in [0.15, 0.2) is 6.20 Å². The molecule has 1 heterocycles. The Morgan fingerprint density at radius 1 is 1.50 bits per heavy atom. The van der Waals surface area contributed by atoms with Crippen LogP contribution >= 0.6 is 0 Å². The van der Waals surface area contributed by atoms with Crippen molar-refractivity contribution in [1.29, 1.82) is 5.26 Å². The summed E-state index contributed by atoms with van der Waals surface area (Å²) in [5.41, 5.74) is -0.504. The molecule has 0 spiro atoms. The molecule has 0 atom stereocenters. The van der Waals surface area contributed by atoms with Gasteiger partial charge in [-0.2, -0.15) is 10.2 Å². The number of ether oxygens (including phenoxy) is 2. The van der Waals surface area contributed by atoms with Crippen molar-refractivity contribution in [3.05, 3.63) is 11.8 Å². The van der Waals surface area contributed by atoms with E-state index in [1.165, 1.54) is 13.3 Å². The Kier molecular flexibility index (Phi) is 4.05. The quantitative estimate of drug-likeness (QED) is 0.858. The van der Waals surface area contributed by atoms with Gasteiger partial charge in [0.2, 0.25) is 0 Å². The highest BCUT2D eigenvalue weighted by Crippen LogP contribution is 2.15. The maximum Gasteiger partial charge on any atom is 0.413 e. The molecular weight excluding hydrogens is 236 g/mol. The number of hydrogen-bond donors (Lipinski definition) is 1. The van der Waals surface area contributed by atoms with Crippen molar-refractivity contribution in [2.45, 2.75) is 26.4 Å². The number of anilines is 1. The fourth-order valence-electron chi connectivity index (χ4n) is 1.04. The van der Waals surface area contributed by atoms with Crippen LogP contribution in [0.3, 0.4) is 0 Å². The fraction of sp³-hybridized carbons (Fsp3) is 0.455. The number of nitrogens with zero attached hydrogens (tertiary/aromatic N) is 3. The van der Waals surface area contributed by atoms with Gasteiger partial charge in [0.15, 0.2) is 5.82 Å². The van der Waals surface area contributed by atoms with E-state index in [1.54, 1.807) is 20.8 Å². The largest absolute Gasteiger partial charge is 0.467 e. The van der Waals surface area contributed by atoms with Crippen LogP contribution in [-0.4, -0.2) is 28.8 Å². The van der Waals surface area contributed by atoms with E-state index in [4.69, 9.17) is 14.7 Å². The second-order valence-corrected chi connectivity index (χ2v) is 4.36. The third-order valence-electron chi connectivity index (χ3n) is 1.69. The van der Waals surface area contributed by atoms with Gasteiger partial charge in [0.05, 0.1) is 13.3 Å². The summed E-state index contributed by atoms with van der Waals surface area (Å²) in [6.07, 6.45) is 0.568. The van der Waals surface area contributed by atoms with E-state index in [9.17, 15) is 4.79 Å². The summed E-state index contributed by atoms with van der Waals surface area (Å²) < 4.78 is 9.87. The van der Waals surface area contributed by atoms with Gasteiger partial charge in [0.1, 0.15) is 17.2 Å². The lowest BCUT2D eigenvalue weighted by atomic mass is 10.2. The summed E-state index contributed by atoms with van der Waals surface area (Å²) in [6, 6.07) is 1.92. The monoisotopic (exact) mass is 250 g/mol. The predicted molar refractivity (Wildman–Crippen MR) is 63.2 cm³/mol. The number of rotatable bonds is 2. The first-order chi connectivity index (χ1) is 8.35. The van der Waals surface area contributed by atoms with Crippen molar-refractivity contribution in [3.63, 3.8) is 0 Å². The molecule has 7 nitrogen and oxygen atoms in total. The average Bonchev–Trinajstić information content (AvgIpc) is 2.26. The molecule has 1 aromatic heterocycles. The van der Waals surface area contributed by atoms with Gasteiger partial charge in [-0.15, -0.1) is 0 Å². The number of nitrogens with one attached hydrogen (secondary N) is 1. The molecule has 0 bridgehead atoms. The minimum atomic E-state index is -0.695. The van der Waals surface area contributed by atoms with Gasteiger partial charge in [-0.25, -0.2) is 9.78 Å². The van der Waals surface area contributed by atoms with Gasteiger partial charge in [0.25, 0.3) is 0 Å². The third kappa shape index (κ3) is 3.90. The summed E-state index contributed by atoms with van der Waals surface area (Å²) in [6.45, 7) is 5.20. The minimum absolute atomic E-state index is 0.0543. The van der Waals surface area contributed by atoms with Crippen molar-refractivity contribution in [1.82, 2.24) is 9.97 Å². The maximum absolute atomic E-state index is 11.6. The van der Waals surface area contributed by atoms with Gasteiger partial charge in [-0.05, 0) is 20.8 Å². The van der Waals surface area contributed by atoms with Crippen LogP contribution in [0.25, 0.3) is 0 Å². The van der Waals surface area contributed by atoms with E-state index in [-0.39, 0.29) is 17.4 Å². The Morgan fingerprint density at radius 2 is 2.17 bits per heavy atom. The normalized spacial score (nSPS) is 10.4. The van der Waals surface area contributed by atoms with E-state index in [1.807, 2.05) is 6.07 Å². The van der Waals surface area contributed by atoms with Crippen molar-refractivity contribution in [2.24, 2.45) is 0 Å². The molecule has 1 rings (SSSR count). The summed E-state index contributed by atoms with van der Waals surface area (Å²) in [5.74, 6) is 0.0543. The molecule has 1 N–H and O–H groups in total. The van der Waals surface area contributed by atoms with Crippen LogP contribution in [0, 0.1) is 11.3 Å². The van der Waals surface area contributed by atoms with Crippen LogP contribution in [0.2, 0.25) is 0 Å². The lowest BCUT2D eigenvalue weighted by molar-refractivity contribution is 0.0635. The smallest absolute Gasteiger partial charge is 0.413 e. The second kappa shape index (κ2) is 5.31. The molecule has 0 aliphatic rings. The van der Waals surface area contributed by atoms with Crippen LogP contribution in [-0.2, 0) is 4.74 Å². The zero-order valence-corrected chi connectivity index (χ0v) is 10.6. The summed E-state index contributed by atoms with van der Waals surface area (Å²) in [4.78, 5) is 19.2. The number of carbonyl (C=O) groups excluding carboxylic acids is 1. The average molecular weight is 250 g/mol. The van der Waals surface area contributed by atoms with Gasteiger partial charge in [0, 0.05) is 0 Å². The van der Waals surface area contributed by atoms with Gasteiger partial charge >= 0.3 is 12.1 Å². The number of amides is 1. The molecule has 0 fully saturated rings. The number of methoxy groups -OCH3 is 1. The van der Waals surface area contributed by atoms with Crippen LogP contribution < -0.4 is 10.1 Å². The molecule has 7 heteroatoms. The molecular formula is C11H14N4O3. The zero-order valence-electron chi connectivity index (χ0n) is 10.6. The molecule has 1 amide bonds. The molecule has 0 radical (unpaired) electrons. The molecule has 18 heavy (non-hydrogen) atoms. The number of nitriles is 1. The molecule has 0 aromatic carbocycles. The van der Waals surface area contributed by atoms with Crippen LogP contribution in [0.1, 0.15) is 26.3 Å². The molecule has 0 aliphatic heterocycles. The number of hydrogen-bond acceptors (Lipinski definition) is 6. The van der Waals surface area contributed by atoms with E-state index in [0.717, 1.165) is 0 Å². The van der Waals surface area contributed by atoms with Crippen LogP contribution in [0.5, 0.6) is 6.01 Å². The summed E-state index contributed by atoms with van der Waals surface area (Å²) >= 11 is 0. The minimum Gasteiger partial charge on any atom is -0.467 e. The highest BCUT2D eigenvalue weighted by Gasteiger charge is 2.18. The first-order valence-electron chi connectivity index (χ1n) is 5.17. The molecule has 0 saturated carbocycles. The molecule has 1 aromatic rings. The molecule has 0 saturated heterocycles.